The fraction of sp³-hybridized carbons (Fsp3) is 1.00. The average Bonchev–Trinajstić information content (AvgIpc) is 1.78. The highest BCUT2D eigenvalue weighted by Crippen LogP contribution is 2.73. The van der Waals surface area contributed by atoms with Crippen molar-refractivity contribution >= 4 is 0 Å². The molecule has 4 heteroatoms. The van der Waals surface area contributed by atoms with Crippen LogP contribution in [0.3, 0.4) is 0 Å². The summed E-state index contributed by atoms with van der Waals surface area (Å²) in [5, 5.41) is 3.21. The van der Waals surface area contributed by atoms with Crippen molar-refractivity contribution in [3.05, 3.63) is 0 Å². The molecule has 13 heavy (non-hydrogen) atoms. The SMILES string of the molecule is CCCNC12CC(C(F)(F)F)(C1)C2. The molecule has 0 amide bonds. The lowest BCUT2D eigenvalue weighted by Gasteiger charge is -2.70. The van der Waals surface area contributed by atoms with Crippen LogP contribution in [0, 0.1) is 5.41 Å². The molecule has 0 unspecified atom stereocenters. The number of rotatable bonds is 3. The van der Waals surface area contributed by atoms with E-state index in [1.165, 1.54) is 0 Å². The molecule has 0 aliphatic heterocycles. The molecule has 0 heterocycles. The average molecular weight is 193 g/mol. The van der Waals surface area contributed by atoms with Crippen LogP contribution in [0.25, 0.3) is 0 Å². The maximum atomic E-state index is 12.4. The van der Waals surface area contributed by atoms with Gasteiger partial charge in [0.25, 0.3) is 0 Å². The molecule has 0 aromatic carbocycles. The number of hydrogen-bond donors (Lipinski definition) is 1. The summed E-state index contributed by atoms with van der Waals surface area (Å²) in [6.45, 7) is 2.87. The third kappa shape index (κ3) is 1.11. The van der Waals surface area contributed by atoms with Gasteiger partial charge in [0.05, 0.1) is 5.41 Å². The van der Waals surface area contributed by atoms with E-state index in [1.54, 1.807) is 0 Å². The molecule has 0 atom stereocenters. The van der Waals surface area contributed by atoms with Crippen LogP contribution in [0.15, 0.2) is 0 Å². The molecule has 0 spiro atoms. The highest BCUT2D eigenvalue weighted by Gasteiger charge is 2.78. The molecule has 3 aliphatic rings. The highest BCUT2D eigenvalue weighted by atomic mass is 19.4. The summed E-state index contributed by atoms with van der Waals surface area (Å²) in [4.78, 5) is 0. The third-order valence-electron chi connectivity index (χ3n) is 3.38. The van der Waals surface area contributed by atoms with Gasteiger partial charge in [-0.05, 0) is 32.2 Å². The van der Waals surface area contributed by atoms with Crippen LogP contribution in [0.4, 0.5) is 13.2 Å². The van der Waals surface area contributed by atoms with Crippen molar-refractivity contribution in [3.63, 3.8) is 0 Å². The Kier molecular flexibility index (Phi) is 1.72. The Morgan fingerprint density at radius 2 is 1.77 bits per heavy atom. The molecule has 76 valence electrons. The van der Waals surface area contributed by atoms with Crippen molar-refractivity contribution in [2.24, 2.45) is 5.41 Å². The Morgan fingerprint density at radius 3 is 2.15 bits per heavy atom. The van der Waals surface area contributed by atoms with E-state index in [0.29, 0.717) is 19.3 Å². The summed E-state index contributed by atoms with van der Waals surface area (Å²) in [7, 11) is 0. The third-order valence-corrected chi connectivity index (χ3v) is 3.38. The Bertz CT molecular complexity index is 202. The molecule has 3 saturated carbocycles. The van der Waals surface area contributed by atoms with E-state index >= 15 is 0 Å². The van der Waals surface area contributed by atoms with E-state index < -0.39 is 11.6 Å². The van der Waals surface area contributed by atoms with Crippen molar-refractivity contribution < 1.29 is 13.2 Å². The van der Waals surface area contributed by atoms with Crippen LogP contribution in [0.1, 0.15) is 32.6 Å². The number of hydrogen-bond acceptors (Lipinski definition) is 1. The van der Waals surface area contributed by atoms with E-state index in [9.17, 15) is 13.2 Å². The number of alkyl halides is 3. The van der Waals surface area contributed by atoms with E-state index in [0.717, 1.165) is 13.0 Å². The lowest BCUT2D eigenvalue weighted by atomic mass is 9.39. The van der Waals surface area contributed by atoms with Gasteiger partial charge in [0.15, 0.2) is 0 Å². The lowest BCUT2D eigenvalue weighted by molar-refractivity contribution is -0.339. The Balaban J connectivity index is 1.86. The maximum absolute atomic E-state index is 12.4. The lowest BCUT2D eigenvalue weighted by Crippen LogP contribution is -2.78. The van der Waals surface area contributed by atoms with Gasteiger partial charge in [-0.2, -0.15) is 13.2 Å². The van der Waals surface area contributed by atoms with E-state index in [1.807, 2.05) is 6.92 Å². The molecular weight excluding hydrogens is 179 g/mol. The fourth-order valence-corrected chi connectivity index (χ4v) is 2.67. The van der Waals surface area contributed by atoms with Crippen LogP contribution < -0.4 is 5.32 Å². The van der Waals surface area contributed by atoms with Gasteiger partial charge in [0.2, 0.25) is 0 Å². The summed E-state index contributed by atoms with van der Waals surface area (Å²) in [5.41, 5.74) is -1.43. The quantitative estimate of drug-likeness (QED) is 0.726. The summed E-state index contributed by atoms with van der Waals surface area (Å²) in [6.07, 6.45) is -2.06. The van der Waals surface area contributed by atoms with Crippen molar-refractivity contribution in [2.45, 2.75) is 44.3 Å². The normalized spacial score (nSPS) is 42.5. The second kappa shape index (κ2) is 2.41. The highest BCUT2D eigenvalue weighted by molar-refractivity contribution is 5.25. The molecule has 3 rings (SSSR count). The topological polar surface area (TPSA) is 12.0 Å². The summed E-state index contributed by atoms with van der Waals surface area (Å²) < 4.78 is 37.2. The van der Waals surface area contributed by atoms with Gasteiger partial charge in [-0.3, -0.25) is 0 Å². The fourth-order valence-electron chi connectivity index (χ4n) is 2.67. The van der Waals surface area contributed by atoms with Crippen molar-refractivity contribution in [1.82, 2.24) is 5.32 Å². The molecular formula is C9H14F3N. The van der Waals surface area contributed by atoms with Crippen LogP contribution in [-0.4, -0.2) is 18.3 Å². The predicted octanol–water partition coefficient (Wildman–Crippen LogP) is 2.47. The first-order chi connectivity index (χ1) is 5.93. The summed E-state index contributed by atoms with van der Waals surface area (Å²) in [5.74, 6) is 0. The minimum atomic E-state index is -3.97. The minimum absolute atomic E-state index is 0.133. The summed E-state index contributed by atoms with van der Waals surface area (Å²) in [6, 6.07) is 0. The molecule has 0 aromatic rings. The molecule has 0 radical (unpaired) electrons. The van der Waals surface area contributed by atoms with Crippen LogP contribution in [0.5, 0.6) is 0 Å². The second-order valence-corrected chi connectivity index (χ2v) is 4.52. The summed E-state index contributed by atoms with van der Waals surface area (Å²) >= 11 is 0. The first-order valence-corrected chi connectivity index (χ1v) is 4.75. The Labute approximate surface area is 75.7 Å². The van der Waals surface area contributed by atoms with Gasteiger partial charge < -0.3 is 5.32 Å². The monoisotopic (exact) mass is 193 g/mol. The van der Waals surface area contributed by atoms with Crippen molar-refractivity contribution in [3.8, 4) is 0 Å². The van der Waals surface area contributed by atoms with Gasteiger partial charge in [-0.25, -0.2) is 0 Å². The molecule has 0 aromatic heterocycles. The largest absolute Gasteiger partial charge is 0.394 e. The second-order valence-electron chi connectivity index (χ2n) is 4.52. The van der Waals surface area contributed by atoms with Gasteiger partial charge in [-0.1, -0.05) is 6.92 Å². The van der Waals surface area contributed by atoms with Crippen molar-refractivity contribution in [1.29, 1.82) is 0 Å². The van der Waals surface area contributed by atoms with E-state index in [-0.39, 0.29) is 5.54 Å². The van der Waals surface area contributed by atoms with Crippen LogP contribution in [0.2, 0.25) is 0 Å². The first-order valence-electron chi connectivity index (χ1n) is 4.75. The first kappa shape index (κ1) is 9.31. The zero-order valence-electron chi connectivity index (χ0n) is 7.67. The zero-order chi connectivity index (χ0) is 9.74. The molecule has 3 aliphatic carbocycles. The molecule has 2 bridgehead atoms. The Morgan fingerprint density at radius 1 is 1.23 bits per heavy atom. The van der Waals surface area contributed by atoms with Gasteiger partial charge in [0.1, 0.15) is 0 Å². The van der Waals surface area contributed by atoms with Crippen LogP contribution >= 0.6 is 0 Å². The zero-order valence-corrected chi connectivity index (χ0v) is 7.67. The molecule has 1 nitrogen and oxygen atoms in total. The molecule has 0 saturated heterocycles. The van der Waals surface area contributed by atoms with Gasteiger partial charge in [-0.15, -0.1) is 0 Å². The minimum Gasteiger partial charge on any atom is -0.311 e. The van der Waals surface area contributed by atoms with Crippen molar-refractivity contribution in [2.75, 3.05) is 6.54 Å². The number of halogens is 3. The van der Waals surface area contributed by atoms with Crippen LogP contribution in [-0.2, 0) is 0 Å². The maximum Gasteiger partial charge on any atom is 0.394 e. The van der Waals surface area contributed by atoms with E-state index in [2.05, 4.69) is 5.32 Å². The Hall–Kier alpha value is -0.250. The number of nitrogens with one attached hydrogen (secondary N) is 1. The molecule has 1 N–H and O–H groups in total. The van der Waals surface area contributed by atoms with Gasteiger partial charge in [0, 0.05) is 5.54 Å². The predicted molar refractivity (Wildman–Crippen MR) is 43.4 cm³/mol. The van der Waals surface area contributed by atoms with Gasteiger partial charge >= 0.3 is 6.18 Å². The van der Waals surface area contributed by atoms with E-state index in [4.69, 9.17) is 0 Å². The smallest absolute Gasteiger partial charge is 0.311 e. The standard InChI is InChI=1S/C9H14F3N/c1-2-3-13-8-4-7(5-8,6-8)9(10,11)12/h13H,2-6H2,1H3. The molecule has 3 fully saturated rings.